The zero-order valence-corrected chi connectivity index (χ0v) is 13.6. The normalized spacial score (nSPS) is 14.8. The van der Waals surface area contributed by atoms with Crippen molar-refractivity contribution >= 4 is 49.6 Å². The fourth-order valence-electron chi connectivity index (χ4n) is 1.83. The van der Waals surface area contributed by atoms with Crippen molar-refractivity contribution in [3.8, 4) is 0 Å². The second kappa shape index (κ2) is 6.49. The van der Waals surface area contributed by atoms with Crippen LogP contribution in [0.2, 0.25) is 0 Å². The van der Waals surface area contributed by atoms with Gasteiger partial charge in [0.1, 0.15) is 0 Å². The lowest BCUT2D eigenvalue weighted by Crippen LogP contribution is -2.32. The fraction of sp³-hybridized carbons (Fsp3) is 0.308. The molecule has 0 saturated carbocycles. The maximum Gasteiger partial charge on any atom is 0.363 e. The Labute approximate surface area is 132 Å². The third kappa shape index (κ3) is 3.27. The molecule has 1 aromatic carbocycles. The minimum Gasteiger partial charge on any atom is -0.325 e. The summed E-state index contributed by atoms with van der Waals surface area (Å²) in [6.45, 7) is 0. The van der Waals surface area contributed by atoms with Crippen LogP contribution in [0.25, 0.3) is 0 Å². The van der Waals surface area contributed by atoms with Gasteiger partial charge in [-0.15, -0.1) is 5.06 Å². The quantitative estimate of drug-likeness (QED) is 0.571. The molecule has 1 heterocycles. The zero-order valence-electron chi connectivity index (χ0n) is 10.4. The van der Waals surface area contributed by atoms with Crippen LogP contribution >= 0.6 is 31.9 Å². The van der Waals surface area contributed by atoms with E-state index in [1.165, 1.54) is 0 Å². The number of benzene rings is 1. The molecule has 1 saturated heterocycles. The van der Waals surface area contributed by atoms with Crippen molar-refractivity contribution in [3.05, 3.63) is 34.9 Å². The fourth-order valence-corrected chi connectivity index (χ4v) is 2.48. The predicted octanol–water partition coefficient (Wildman–Crippen LogP) is 2.70. The average Bonchev–Trinajstić information content (AvgIpc) is 2.78. The van der Waals surface area contributed by atoms with E-state index in [-0.39, 0.29) is 12.8 Å². The summed E-state index contributed by atoms with van der Waals surface area (Å²) in [5.41, 5.74) is 2.13. The van der Waals surface area contributed by atoms with Gasteiger partial charge < -0.3 is 4.84 Å². The van der Waals surface area contributed by atoms with Crippen molar-refractivity contribution in [2.24, 2.45) is 0 Å². The molecule has 0 radical (unpaired) electrons. The van der Waals surface area contributed by atoms with Crippen LogP contribution in [0.1, 0.15) is 34.3 Å². The lowest BCUT2D eigenvalue weighted by atomic mass is 10.1. The number of rotatable bonds is 4. The van der Waals surface area contributed by atoms with Crippen LogP contribution in [0, 0.1) is 0 Å². The van der Waals surface area contributed by atoms with Crippen LogP contribution in [0.5, 0.6) is 0 Å². The molecule has 0 bridgehead atoms. The minimum absolute atomic E-state index is 0.0835. The summed E-state index contributed by atoms with van der Waals surface area (Å²) < 4.78 is 0. The Morgan fingerprint density at radius 2 is 1.55 bits per heavy atom. The standard InChI is InChI=1S/C13H11Br2NO4/c14-6-8-3-9(7-15)5-10(4-8)13(19)20-16-11(17)1-2-12(16)18/h3-5H,1-2,6-7H2. The van der Waals surface area contributed by atoms with E-state index in [1.807, 2.05) is 6.07 Å². The number of carbonyl (C=O) groups excluding carboxylic acids is 3. The molecule has 1 aliphatic rings. The van der Waals surface area contributed by atoms with Crippen molar-refractivity contribution in [3.63, 3.8) is 0 Å². The lowest BCUT2D eigenvalue weighted by Gasteiger charge is -2.13. The predicted molar refractivity (Wildman–Crippen MR) is 78.2 cm³/mol. The highest BCUT2D eigenvalue weighted by Gasteiger charge is 2.33. The summed E-state index contributed by atoms with van der Waals surface area (Å²) in [7, 11) is 0. The second-order valence-corrected chi connectivity index (χ2v) is 5.39. The molecule has 1 fully saturated rings. The van der Waals surface area contributed by atoms with Crippen molar-refractivity contribution < 1.29 is 19.2 Å². The van der Waals surface area contributed by atoms with Crippen molar-refractivity contribution in [1.29, 1.82) is 0 Å². The van der Waals surface area contributed by atoms with Crippen LogP contribution in [-0.2, 0) is 25.1 Å². The highest BCUT2D eigenvalue weighted by molar-refractivity contribution is 9.08. The Morgan fingerprint density at radius 3 is 2.00 bits per heavy atom. The van der Waals surface area contributed by atoms with Crippen LogP contribution in [-0.4, -0.2) is 22.8 Å². The number of halogens is 2. The van der Waals surface area contributed by atoms with Crippen molar-refractivity contribution in [1.82, 2.24) is 5.06 Å². The Kier molecular flexibility index (Phi) is 4.93. The van der Waals surface area contributed by atoms with E-state index in [2.05, 4.69) is 31.9 Å². The molecule has 20 heavy (non-hydrogen) atoms. The van der Waals surface area contributed by atoms with Gasteiger partial charge in [-0.3, -0.25) is 9.59 Å². The van der Waals surface area contributed by atoms with Crippen LogP contribution < -0.4 is 0 Å². The van der Waals surface area contributed by atoms with Gasteiger partial charge in [-0.05, 0) is 23.3 Å². The molecule has 106 valence electrons. The maximum atomic E-state index is 12.0. The maximum absolute atomic E-state index is 12.0. The molecule has 1 aromatic rings. The number of hydroxylamine groups is 2. The molecule has 0 unspecified atom stereocenters. The Hall–Kier alpha value is -1.21. The summed E-state index contributed by atoms with van der Waals surface area (Å²) in [5.74, 6) is -1.68. The largest absolute Gasteiger partial charge is 0.363 e. The number of amides is 2. The lowest BCUT2D eigenvalue weighted by molar-refractivity contribution is -0.172. The number of nitrogens with zero attached hydrogens (tertiary/aromatic N) is 1. The van der Waals surface area contributed by atoms with Gasteiger partial charge in [0.15, 0.2) is 0 Å². The smallest absolute Gasteiger partial charge is 0.325 e. The van der Waals surface area contributed by atoms with Gasteiger partial charge in [0.05, 0.1) is 5.56 Å². The monoisotopic (exact) mass is 403 g/mol. The number of imide groups is 1. The van der Waals surface area contributed by atoms with Gasteiger partial charge >= 0.3 is 5.97 Å². The van der Waals surface area contributed by atoms with Gasteiger partial charge in [0, 0.05) is 23.5 Å². The van der Waals surface area contributed by atoms with E-state index in [0.717, 1.165) is 11.1 Å². The number of alkyl halides is 2. The second-order valence-electron chi connectivity index (χ2n) is 4.27. The first kappa shape index (κ1) is 15.2. The SMILES string of the molecule is O=C(ON1C(=O)CCC1=O)c1cc(CBr)cc(CBr)c1. The molecule has 1 aliphatic heterocycles. The average molecular weight is 405 g/mol. The molecule has 2 rings (SSSR count). The minimum atomic E-state index is -0.710. The summed E-state index contributed by atoms with van der Waals surface area (Å²) in [4.78, 5) is 39.7. The Balaban J connectivity index is 2.20. The third-order valence-electron chi connectivity index (χ3n) is 2.78. The topological polar surface area (TPSA) is 63.7 Å². The summed E-state index contributed by atoms with van der Waals surface area (Å²) in [6.07, 6.45) is 0.167. The van der Waals surface area contributed by atoms with E-state index < -0.39 is 17.8 Å². The molecular formula is C13H11Br2NO4. The van der Waals surface area contributed by atoms with Gasteiger partial charge in [0.25, 0.3) is 11.8 Å². The Bertz CT molecular complexity index is 535. The molecule has 0 aromatic heterocycles. The first-order valence-corrected chi connectivity index (χ1v) is 8.12. The van der Waals surface area contributed by atoms with E-state index in [9.17, 15) is 14.4 Å². The van der Waals surface area contributed by atoms with Gasteiger partial charge in [-0.2, -0.15) is 0 Å². The van der Waals surface area contributed by atoms with Crippen LogP contribution in [0.15, 0.2) is 18.2 Å². The van der Waals surface area contributed by atoms with Gasteiger partial charge in [0.2, 0.25) is 0 Å². The van der Waals surface area contributed by atoms with Crippen molar-refractivity contribution in [2.75, 3.05) is 0 Å². The third-order valence-corrected chi connectivity index (χ3v) is 4.07. The van der Waals surface area contributed by atoms with E-state index in [4.69, 9.17) is 4.84 Å². The highest BCUT2D eigenvalue weighted by atomic mass is 79.9. The molecule has 5 nitrogen and oxygen atoms in total. The first-order valence-electron chi connectivity index (χ1n) is 5.88. The van der Waals surface area contributed by atoms with E-state index in [1.54, 1.807) is 12.1 Å². The Morgan fingerprint density at radius 1 is 1.05 bits per heavy atom. The summed E-state index contributed by atoms with van der Waals surface area (Å²) >= 11 is 6.65. The zero-order chi connectivity index (χ0) is 14.7. The number of hydrogen-bond acceptors (Lipinski definition) is 4. The van der Waals surface area contributed by atoms with Crippen molar-refractivity contribution in [2.45, 2.75) is 23.5 Å². The van der Waals surface area contributed by atoms with E-state index >= 15 is 0 Å². The molecule has 0 atom stereocenters. The van der Waals surface area contributed by atoms with Gasteiger partial charge in [-0.1, -0.05) is 37.9 Å². The number of carbonyl (C=O) groups is 3. The summed E-state index contributed by atoms with van der Waals surface area (Å²) in [5, 5.41) is 1.74. The van der Waals surface area contributed by atoms with E-state index in [0.29, 0.717) is 21.3 Å². The number of hydrogen-bond donors (Lipinski definition) is 0. The molecule has 0 N–H and O–H groups in total. The van der Waals surface area contributed by atoms with Crippen LogP contribution in [0.3, 0.4) is 0 Å². The van der Waals surface area contributed by atoms with Crippen LogP contribution in [0.4, 0.5) is 0 Å². The highest BCUT2D eigenvalue weighted by Crippen LogP contribution is 2.18. The molecule has 7 heteroatoms. The molecular weight excluding hydrogens is 394 g/mol. The first-order chi connectivity index (χ1) is 9.55. The molecule has 0 aliphatic carbocycles. The summed E-state index contributed by atoms with van der Waals surface area (Å²) in [6, 6.07) is 5.26. The van der Waals surface area contributed by atoms with Gasteiger partial charge in [-0.25, -0.2) is 4.79 Å². The molecule has 2 amide bonds. The molecule has 0 spiro atoms.